The molecule has 1 saturated heterocycles. The molecule has 168 valence electrons. The van der Waals surface area contributed by atoms with E-state index in [9.17, 15) is 5.11 Å². The number of β-amino-alcohol motifs (C(OH)–C–C–N with tert-alkyl or cyclic N) is 1. The number of nitrogens with zero attached hydrogens (tertiary/aromatic N) is 3. The van der Waals surface area contributed by atoms with Crippen LogP contribution in [0.1, 0.15) is 17.5 Å². The quantitative estimate of drug-likeness (QED) is 0.358. The lowest BCUT2D eigenvalue weighted by atomic mass is 9.98. The number of hydrogen-bond donors (Lipinski definition) is 3. The van der Waals surface area contributed by atoms with Gasteiger partial charge in [0.05, 0.1) is 16.8 Å². The number of nitrogens with two attached hydrogens (primary N) is 1. The first-order chi connectivity index (χ1) is 16.0. The first kappa shape index (κ1) is 21.6. The Kier molecular flexibility index (Phi) is 5.89. The van der Waals surface area contributed by atoms with Crippen LogP contribution in [0, 0.1) is 6.92 Å². The molecule has 5 rings (SSSR count). The van der Waals surface area contributed by atoms with Crippen molar-refractivity contribution in [2.75, 3.05) is 24.1 Å². The van der Waals surface area contributed by atoms with E-state index in [0.29, 0.717) is 23.1 Å². The Hall–Kier alpha value is -3.19. The second kappa shape index (κ2) is 8.98. The molecule has 2 aromatic heterocycles. The molecule has 7 heteroatoms. The molecule has 1 aliphatic heterocycles. The number of halogens is 1. The van der Waals surface area contributed by atoms with E-state index in [-0.39, 0.29) is 6.10 Å². The Morgan fingerprint density at radius 2 is 1.97 bits per heavy atom. The molecular formula is C26H26ClN5O. The zero-order chi connectivity index (χ0) is 22.9. The van der Waals surface area contributed by atoms with E-state index in [4.69, 9.17) is 22.3 Å². The number of aliphatic hydroxyl groups is 1. The summed E-state index contributed by atoms with van der Waals surface area (Å²) in [7, 11) is 0. The fraction of sp³-hybridized carbons (Fsp3) is 0.231. The van der Waals surface area contributed by atoms with Crippen molar-refractivity contribution in [3.63, 3.8) is 0 Å². The van der Waals surface area contributed by atoms with Gasteiger partial charge >= 0.3 is 0 Å². The van der Waals surface area contributed by atoms with Gasteiger partial charge in [0.15, 0.2) is 5.82 Å². The molecule has 0 aliphatic carbocycles. The number of rotatable bonds is 5. The maximum atomic E-state index is 9.78. The van der Waals surface area contributed by atoms with E-state index in [2.05, 4.69) is 28.2 Å². The lowest BCUT2D eigenvalue weighted by molar-refractivity contribution is 0.175. The standard InChI is InChI=1S/C26H26ClN5O/c1-16-20(21-5-2-6-22(28)24(21)27)4-3-7-23(16)31-26-25-18(8-10-29-26)12-17(13-30-25)14-32-11-9-19(33)15-32/h2-8,10,12-13,19,33H,9,11,14-15,28H2,1H3,(H,29,31). The van der Waals surface area contributed by atoms with E-state index < -0.39 is 0 Å². The van der Waals surface area contributed by atoms with Gasteiger partial charge in [-0.25, -0.2) is 4.98 Å². The lowest BCUT2D eigenvalue weighted by Gasteiger charge is -2.16. The lowest BCUT2D eigenvalue weighted by Crippen LogP contribution is -2.21. The molecule has 1 aliphatic rings. The Morgan fingerprint density at radius 1 is 1.15 bits per heavy atom. The molecule has 1 unspecified atom stereocenters. The van der Waals surface area contributed by atoms with Crippen molar-refractivity contribution in [1.29, 1.82) is 0 Å². The Morgan fingerprint density at radius 3 is 2.79 bits per heavy atom. The van der Waals surface area contributed by atoms with Gasteiger partial charge in [-0.3, -0.25) is 9.88 Å². The summed E-state index contributed by atoms with van der Waals surface area (Å²) in [5.74, 6) is 0.703. The molecule has 4 aromatic rings. The highest BCUT2D eigenvalue weighted by Gasteiger charge is 2.20. The normalized spacial score (nSPS) is 16.4. The molecule has 2 aromatic carbocycles. The van der Waals surface area contributed by atoms with Crippen LogP contribution < -0.4 is 11.1 Å². The molecule has 4 N–H and O–H groups in total. The minimum atomic E-state index is -0.223. The van der Waals surface area contributed by atoms with Crippen molar-refractivity contribution >= 4 is 39.7 Å². The molecule has 0 saturated carbocycles. The third-order valence-electron chi connectivity index (χ3n) is 6.22. The summed E-state index contributed by atoms with van der Waals surface area (Å²) >= 11 is 6.49. The second-order valence-electron chi connectivity index (χ2n) is 8.56. The van der Waals surface area contributed by atoms with Gasteiger partial charge in [0, 0.05) is 48.7 Å². The van der Waals surface area contributed by atoms with Crippen molar-refractivity contribution in [2.24, 2.45) is 0 Å². The van der Waals surface area contributed by atoms with Crippen LogP contribution in [0.15, 0.2) is 60.9 Å². The van der Waals surface area contributed by atoms with Crippen LogP contribution >= 0.6 is 11.6 Å². The van der Waals surface area contributed by atoms with E-state index in [1.54, 1.807) is 12.3 Å². The number of aromatic nitrogens is 2. The molecule has 1 fully saturated rings. The van der Waals surface area contributed by atoms with Crippen LogP contribution in [0.3, 0.4) is 0 Å². The second-order valence-corrected chi connectivity index (χ2v) is 8.94. The summed E-state index contributed by atoms with van der Waals surface area (Å²) in [6.45, 7) is 4.47. The third kappa shape index (κ3) is 4.37. The van der Waals surface area contributed by atoms with Gasteiger partial charge in [-0.15, -0.1) is 0 Å². The summed E-state index contributed by atoms with van der Waals surface area (Å²) in [5.41, 5.74) is 12.4. The zero-order valence-electron chi connectivity index (χ0n) is 18.4. The number of benzene rings is 2. The van der Waals surface area contributed by atoms with Crippen molar-refractivity contribution in [1.82, 2.24) is 14.9 Å². The monoisotopic (exact) mass is 459 g/mol. The van der Waals surface area contributed by atoms with E-state index in [0.717, 1.165) is 58.4 Å². The van der Waals surface area contributed by atoms with Crippen molar-refractivity contribution in [3.05, 3.63) is 77.1 Å². The maximum Gasteiger partial charge on any atom is 0.156 e. The first-order valence-corrected chi connectivity index (χ1v) is 11.4. The molecule has 3 heterocycles. The fourth-order valence-electron chi connectivity index (χ4n) is 4.45. The van der Waals surface area contributed by atoms with Gasteiger partial charge in [-0.1, -0.05) is 35.9 Å². The van der Waals surface area contributed by atoms with Crippen molar-refractivity contribution < 1.29 is 5.11 Å². The average Bonchev–Trinajstić information content (AvgIpc) is 3.22. The number of hydrogen-bond acceptors (Lipinski definition) is 6. The van der Waals surface area contributed by atoms with Gasteiger partial charge in [0.25, 0.3) is 0 Å². The minimum absolute atomic E-state index is 0.223. The highest BCUT2D eigenvalue weighted by Crippen LogP contribution is 2.37. The molecule has 0 spiro atoms. The summed E-state index contributed by atoms with van der Waals surface area (Å²) in [6.07, 6.45) is 4.30. The summed E-state index contributed by atoms with van der Waals surface area (Å²) < 4.78 is 0. The highest BCUT2D eigenvalue weighted by atomic mass is 35.5. The number of aliphatic hydroxyl groups excluding tert-OH is 1. The highest BCUT2D eigenvalue weighted by molar-refractivity contribution is 6.35. The van der Waals surface area contributed by atoms with Gasteiger partial charge in [0.2, 0.25) is 0 Å². The van der Waals surface area contributed by atoms with Crippen LogP contribution in [0.5, 0.6) is 0 Å². The van der Waals surface area contributed by atoms with Crippen molar-refractivity contribution in [2.45, 2.75) is 26.0 Å². The Labute approximate surface area is 198 Å². The van der Waals surface area contributed by atoms with Crippen LogP contribution in [-0.4, -0.2) is 39.2 Å². The van der Waals surface area contributed by atoms with Crippen LogP contribution in [0.25, 0.3) is 22.0 Å². The summed E-state index contributed by atoms with van der Waals surface area (Å²) in [6, 6.07) is 15.9. The topological polar surface area (TPSA) is 87.3 Å². The molecule has 33 heavy (non-hydrogen) atoms. The van der Waals surface area contributed by atoms with Gasteiger partial charge < -0.3 is 16.2 Å². The maximum absolute atomic E-state index is 9.78. The fourth-order valence-corrected chi connectivity index (χ4v) is 4.67. The molecule has 0 bridgehead atoms. The predicted molar refractivity (Wildman–Crippen MR) is 135 cm³/mol. The van der Waals surface area contributed by atoms with Gasteiger partial charge in [-0.2, -0.15) is 0 Å². The number of likely N-dealkylation sites (tertiary alicyclic amines) is 1. The summed E-state index contributed by atoms with van der Waals surface area (Å²) in [5, 5.41) is 14.8. The van der Waals surface area contributed by atoms with Crippen LogP contribution in [-0.2, 0) is 6.54 Å². The van der Waals surface area contributed by atoms with Crippen LogP contribution in [0.2, 0.25) is 5.02 Å². The molecule has 0 amide bonds. The number of nitrogen functional groups attached to an aromatic ring is 1. The molecular weight excluding hydrogens is 434 g/mol. The Balaban J connectivity index is 1.45. The smallest absolute Gasteiger partial charge is 0.156 e. The Bertz CT molecular complexity index is 1330. The van der Waals surface area contributed by atoms with Gasteiger partial charge in [-0.05, 0) is 54.3 Å². The zero-order valence-corrected chi connectivity index (χ0v) is 19.2. The predicted octanol–water partition coefficient (Wildman–Crippen LogP) is 5.15. The average molecular weight is 460 g/mol. The number of anilines is 3. The van der Waals surface area contributed by atoms with E-state index >= 15 is 0 Å². The molecule has 1 atom stereocenters. The summed E-state index contributed by atoms with van der Waals surface area (Å²) in [4.78, 5) is 11.5. The van der Waals surface area contributed by atoms with Crippen LogP contribution in [0.4, 0.5) is 17.2 Å². The van der Waals surface area contributed by atoms with E-state index in [1.807, 2.05) is 42.6 Å². The molecule has 0 radical (unpaired) electrons. The van der Waals surface area contributed by atoms with Crippen molar-refractivity contribution in [3.8, 4) is 11.1 Å². The largest absolute Gasteiger partial charge is 0.398 e. The number of pyridine rings is 2. The first-order valence-electron chi connectivity index (χ1n) is 11.0. The van der Waals surface area contributed by atoms with E-state index in [1.165, 1.54) is 0 Å². The molecule has 6 nitrogen and oxygen atoms in total. The third-order valence-corrected chi connectivity index (χ3v) is 6.64. The number of nitrogens with one attached hydrogen (secondary N) is 1. The SMILES string of the molecule is Cc1c(Nc2nccc3cc(CN4CCC(O)C4)cnc23)cccc1-c1cccc(N)c1Cl. The minimum Gasteiger partial charge on any atom is -0.398 e. The van der Waals surface area contributed by atoms with Gasteiger partial charge in [0.1, 0.15) is 5.52 Å². The number of fused-ring (bicyclic) bond motifs is 1.